The molecule has 72 valence electrons. The molecule has 0 aromatic heterocycles. The van der Waals surface area contributed by atoms with Crippen molar-refractivity contribution >= 4 is 17.6 Å². The summed E-state index contributed by atoms with van der Waals surface area (Å²) in [6, 6.07) is 9.75. The SMILES string of the molecule is C/C=C(\C(C=O)=NC)c1ccccc1. The van der Waals surface area contributed by atoms with Gasteiger partial charge in [0.15, 0.2) is 6.29 Å². The Morgan fingerprint density at radius 1 is 1.29 bits per heavy atom. The molecule has 0 fully saturated rings. The molecule has 0 aliphatic carbocycles. The molecule has 0 aliphatic heterocycles. The molecule has 0 atom stereocenters. The van der Waals surface area contributed by atoms with Gasteiger partial charge in [-0.05, 0) is 12.5 Å². The third-order valence-electron chi connectivity index (χ3n) is 2.00. The lowest BCUT2D eigenvalue weighted by Crippen LogP contribution is -2.03. The molecule has 14 heavy (non-hydrogen) atoms. The van der Waals surface area contributed by atoms with E-state index in [1.165, 1.54) is 0 Å². The number of aliphatic imine (C=N–C) groups is 1. The standard InChI is InChI=1S/C12H13NO/c1-3-11(12(9-14)13-2)10-7-5-4-6-8-10/h3-9H,1-2H3/b11-3-,13-12?. The monoisotopic (exact) mass is 187 g/mol. The van der Waals surface area contributed by atoms with Gasteiger partial charge < -0.3 is 0 Å². The molecule has 0 saturated carbocycles. The van der Waals surface area contributed by atoms with Crippen molar-refractivity contribution < 1.29 is 4.79 Å². The van der Waals surface area contributed by atoms with Crippen molar-refractivity contribution in [2.45, 2.75) is 6.92 Å². The fourth-order valence-corrected chi connectivity index (χ4v) is 1.32. The third-order valence-corrected chi connectivity index (χ3v) is 2.00. The number of carbonyl (C=O) groups excluding carboxylic acids is 1. The van der Waals surface area contributed by atoms with E-state index in [0.717, 1.165) is 17.4 Å². The molecule has 2 nitrogen and oxygen atoms in total. The van der Waals surface area contributed by atoms with Crippen LogP contribution in [0, 0.1) is 0 Å². The lowest BCUT2D eigenvalue weighted by Gasteiger charge is -2.04. The zero-order valence-electron chi connectivity index (χ0n) is 8.40. The highest BCUT2D eigenvalue weighted by atomic mass is 16.1. The molecule has 1 rings (SSSR count). The molecular formula is C12H13NO. The van der Waals surface area contributed by atoms with Crippen molar-refractivity contribution in [1.29, 1.82) is 0 Å². The maximum Gasteiger partial charge on any atom is 0.168 e. The summed E-state index contributed by atoms with van der Waals surface area (Å²) in [5.41, 5.74) is 2.38. The van der Waals surface area contributed by atoms with Gasteiger partial charge in [-0.2, -0.15) is 0 Å². The molecule has 0 spiro atoms. The molecule has 2 heteroatoms. The smallest absolute Gasteiger partial charge is 0.168 e. The van der Waals surface area contributed by atoms with Gasteiger partial charge >= 0.3 is 0 Å². The molecule has 1 aromatic rings. The average molecular weight is 187 g/mol. The van der Waals surface area contributed by atoms with Gasteiger partial charge in [-0.25, -0.2) is 0 Å². The van der Waals surface area contributed by atoms with Gasteiger partial charge in [0.05, 0.1) is 0 Å². The molecule has 0 unspecified atom stereocenters. The topological polar surface area (TPSA) is 29.4 Å². The summed E-state index contributed by atoms with van der Waals surface area (Å²) in [7, 11) is 1.62. The van der Waals surface area contributed by atoms with E-state index in [1.807, 2.05) is 43.3 Å². The zero-order valence-corrected chi connectivity index (χ0v) is 8.40. The van der Waals surface area contributed by atoms with Crippen molar-refractivity contribution in [1.82, 2.24) is 0 Å². The van der Waals surface area contributed by atoms with Gasteiger partial charge in [-0.1, -0.05) is 36.4 Å². The van der Waals surface area contributed by atoms with Crippen LogP contribution in [-0.2, 0) is 4.79 Å². The van der Waals surface area contributed by atoms with Gasteiger partial charge in [0.2, 0.25) is 0 Å². The number of allylic oxidation sites excluding steroid dienone is 2. The van der Waals surface area contributed by atoms with Crippen LogP contribution in [0.1, 0.15) is 12.5 Å². The van der Waals surface area contributed by atoms with Crippen LogP contribution in [0.4, 0.5) is 0 Å². The minimum Gasteiger partial charge on any atom is -0.296 e. The summed E-state index contributed by atoms with van der Waals surface area (Å²) >= 11 is 0. The first-order valence-electron chi connectivity index (χ1n) is 4.47. The maximum atomic E-state index is 10.7. The van der Waals surface area contributed by atoms with Crippen LogP contribution in [0.3, 0.4) is 0 Å². The highest BCUT2D eigenvalue weighted by Gasteiger charge is 2.05. The molecule has 0 saturated heterocycles. The van der Waals surface area contributed by atoms with E-state index in [9.17, 15) is 4.79 Å². The van der Waals surface area contributed by atoms with Gasteiger partial charge in [0, 0.05) is 12.6 Å². The lowest BCUT2D eigenvalue weighted by molar-refractivity contribution is -0.102. The second-order valence-corrected chi connectivity index (χ2v) is 2.80. The predicted octanol–water partition coefficient (Wildman–Crippen LogP) is 2.36. The number of rotatable bonds is 3. The van der Waals surface area contributed by atoms with E-state index in [2.05, 4.69) is 4.99 Å². The summed E-state index contributed by atoms with van der Waals surface area (Å²) in [6.07, 6.45) is 2.68. The predicted molar refractivity (Wildman–Crippen MR) is 59.5 cm³/mol. The van der Waals surface area contributed by atoms with Crippen LogP contribution in [0.5, 0.6) is 0 Å². The third kappa shape index (κ3) is 2.16. The van der Waals surface area contributed by atoms with Crippen molar-refractivity contribution in [3.63, 3.8) is 0 Å². The molecule has 0 heterocycles. The highest BCUT2D eigenvalue weighted by molar-refractivity contribution is 6.48. The van der Waals surface area contributed by atoms with Crippen molar-refractivity contribution in [2.75, 3.05) is 7.05 Å². The average Bonchev–Trinajstić information content (AvgIpc) is 2.27. The van der Waals surface area contributed by atoms with E-state index in [0.29, 0.717) is 5.71 Å². The number of carbonyl (C=O) groups is 1. The van der Waals surface area contributed by atoms with E-state index in [-0.39, 0.29) is 0 Å². The molecule has 1 aromatic carbocycles. The van der Waals surface area contributed by atoms with Crippen LogP contribution >= 0.6 is 0 Å². The second-order valence-electron chi connectivity index (χ2n) is 2.80. The molecule has 0 amide bonds. The molecule has 0 N–H and O–H groups in total. The largest absolute Gasteiger partial charge is 0.296 e. The Kier molecular flexibility index (Phi) is 3.80. The van der Waals surface area contributed by atoms with E-state index in [4.69, 9.17) is 0 Å². The lowest BCUT2D eigenvalue weighted by atomic mass is 10.0. The maximum absolute atomic E-state index is 10.7. The summed E-state index contributed by atoms with van der Waals surface area (Å²) < 4.78 is 0. The van der Waals surface area contributed by atoms with Crippen LogP contribution in [0.25, 0.3) is 5.57 Å². The number of hydrogen-bond donors (Lipinski definition) is 0. The fourth-order valence-electron chi connectivity index (χ4n) is 1.32. The van der Waals surface area contributed by atoms with Gasteiger partial charge in [0.1, 0.15) is 5.71 Å². The minimum absolute atomic E-state index is 0.485. The molecular weight excluding hydrogens is 174 g/mol. The molecule has 0 bridgehead atoms. The fraction of sp³-hybridized carbons (Fsp3) is 0.167. The highest BCUT2D eigenvalue weighted by Crippen LogP contribution is 2.14. The van der Waals surface area contributed by atoms with Crippen LogP contribution in [-0.4, -0.2) is 19.0 Å². The Balaban J connectivity index is 3.13. The summed E-state index contributed by atoms with van der Waals surface area (Å²) in [5, 5.41) is 0. The van der Waals surface area contributed by atoms with E-state index in [1.54, 1.807) is 7.05 Å². The minimum atomic E-state index is 0.485. The molecule has 0 radical (unpaired) electrons. The Labute approximate surface area is 84.0 Å². The number of hydrogen-bond acceptors (Lipinski definition) is 2. The van der Waals surface area contributed by atoms with E-state index >= 15 is 0 Å². The van der Waals surface area contributed by atoms with E-state index < -0.39 is 0 Å². The van der Waals surface area contributed by atoms with Crippen LogP contribution in [0.2, 0.25) is 0 Å². The number of aldehydes is 1. The summed E-state index contributed by atoms with van der Waals surface area (Å²) in [6.45, 7) is 1.90. The van der Waals surface area contributed by atoms with Crippen LogP contribution < -0.4 is 0 Å². The van der Waals surface area contributed by atoms with Crippen LogP contribution in [0.15, 0.2) is 41.4 Å². The normalized spacial score (nSPS) is 12.7. The second kappa shape index (κ2) is 5.12. The van der Waals surface area contributed by atoms with Crippen molar-refractivity contribution in [3.8, 4) is 0 Å². The quantitative estimate of drug-likeness (QED) is 0.527. The number of nitrogens with zero attached hydrogens (tertiary/aromatic N) is 1. The first-order valence-corrected chi connectivity index (χ1v) is 4.47. The Bertz CT molecular complexity index is 363. The summed E-state index contributed by atoms with van der Waals surface area (Å²) in [5.74, 6) is 0. The van der Waals surface area contributed by atoms with Gasteiger partial charge in [-0.3, -0.25) is 9.79 Å². The van der Waals surface area contributed by atoms with Crippen molar-refractivity contribution in [2.24, 2.45) is 4.99 Å². The van der Waals surface area contributed by atoms with Gasteiger partial charge in [-0.15, -0.1) is 0 Å². The Morgan fingerprint density at radius 3 is 2.36 bits per heavy atom. The Hall–Kier alpha value is -1.70. The number of benzene rings is 1. The Morgan fingerprint density at radius 2 is 1.93 bits per heavy atom. The summed E-state index contributed by atoms with van der Waals surface area (Å²) in [4.78, 5) is 14.7. The van der Waals surface area contributed by atoms with Crippen molar-refractivity contribution in [3.05, 3.63) is 42.0 Å². The first kappa shape index (κ1) is 10.4. The first-order chi connectivity index (χ1) is 6.83. The zero-order chi connectivity index (χ0) is 10.4. The molecule has 0 aliphatic rings. The van der Waals surface area contributed by atoms with Gasteiger partial charge in [0.25, 0.3) is 0 Å².